The van der Waals surface area contributed by atoms with E-state index in [1.165, 1.54) is 10.2 Å². The first-order valence-electron chi connectivity index (χ1n) is 17.0. The molecule has 52 heavy (non-hydrogen) atoms. The van der Waals surface area contributed by atoms with E-state index in [0.29, 0.717) is 63.2 Å². The number of halogens is 3. The minimum Gasteiger partial charge on any atom is -0.511 e. The summed E-state index contributed by atoms with van der Waals surface area (Å²) in [6.45, 7) is 11.6. The number of nitrogens with zero attached hydrogens (tertiary/aromatic N) is 3. The van der Waals surface area contributed by atoms with Gasteiger partial charge in [0, 0.05) is 46.8 Å². The Morgan fingerprint density at radius 3 is 2.42 bits per heavy atom. The summed E-state index contributed by atoms with van der Waals surface area (Å²) in [5, 5.41) is 19.9. The molecule has 0 bridgehead atoms. The van der Waals surface area contributed by atoms with Crippen LogP contribution in [0.15, 0.2) is 64.5 Å². The number of carbonyl (C=O) groups excluding carboxylic acids is 3. The molecule has 0 radical (unpaired) electrons. The van der Waals surface area contributed by atoms with Crippen molar-refractivity contribution in [1.82, 2.24) is 9.78 Å². The summed E-state index contributed by atoms with van der Waals surface area (Å²) in [7, 11) is 1.66. The molecule has 1 aliphatic rings. The topological polar surface area (TPSA) is 120 Å². The molecule has 13 heteroatoms. The molecule has 3 aromatic rings. The van der Waals surface area contributed by atoms with Crippen LogP contribution in [0.4, 0.5) is 0 Å². The fraction of sp³-hybridized carbons (Fsp3) is 0.410. The fourth-order valence-corrected chi connectivity index (χ4v) is 7.27. The van der Waals surface area contributed by atoms with Crippen LogP contribution in [0.25, 0.3) is 0 Å². The Morgan fingerprint density at radius 2 is 1.81 bits per heavy atom. The summed E-state index contributed by atoms with van der Waals surface area (Å²) in [5.41, 5.74) is 5.48. The Bertz CT molecular complexity index is 1840. The third-order valence-electron chi connectivity index (χ3n) is 8.37. The van der Waals surface area contributed by atoms with Gasteiger partial charge in [-0.1, -0.05) is 90.6 Å². The maximum atomic E-state index is 13.2. The van der Waals surface area contributed by atoms with Gasteiger partial charge in [-0.2, -0.15) is 16.9 Å². The van der Waals surface area contributed by atoms with Gasteiger partial charge in [-0.15, -0.1) is 0 Å². The van der Waals surface area contributed by atoms with Gasteiger partial charge in [0.15, 0.2) is 18.2 Å². The van der Waals surface area contributed by atoms with Crippen LogP contribution < -0.4 is 4.74 Å². The van der Waals surface area contributed by atoms with Crippen LogP contribution in [0, 0.1) is 26.7 Å². The van der Waals surface area contributed by atoms with Crippen LogP contribution in [-0.4, -0.2) is 62.2 Å². The number of benzene rings is 2. The summed E-state index contributed by atoms with van der Waals surface area (Å²) < 4.78 is 7.18. The fourth-order valence-electron chi connectivity index (χ4n) is 5.76. The number of aryl methyl sites for hydroxylation is 3. The summed E-state index contributed by atoms with van der Waals surface area (Å²) in [4.78, 5) is 43.2. The third-order valence-corrected chi connectivity index (χ3v) is 10.5. The summed E-state index contributed by atoms with van der Waals surface area (Å²) in [6, 6.07) is 10.4. The first kappa shape index (κ1) is 42.8. The number of allylic oxidation sites excluding steroid dienone is 2. The average molecular weight is 791 g/mol. The Hall–Kier alpha value is -3.57. The maximum absolute atomic E-state index is 13.2. The Kier molecular flexibility index (Phi) is 17.0. The molecule has 0 amide bonds. The zero-order valence-corrected chi connectivity index (χ0v) is 33.7. The van der Waals surface area contributed by atoms with E-state index in [4.69, 9.17) is 44.4 Å². The zero-order chi connectivity index (χ0) is 38.5. The summed E-state index contributed by atoms with van der Waals surface area (Å²) in [6.07, 6.45) is 4.09. The highest BCUT2D eigenvalue weighted by Crippen LogP contribution is 2.34. The van der Waals surface area contributed by atoms with Crippen LogP contribution in [0.2, 0.25) is 10.0 Å². The molecule has 1 N–H and O–H groups in total. The van der Waals surface area contributed by atoms with Crippen molar-refractivity contribution < 1.29 is 29.1 Å². The smallest absolute Gasteiger partial charge is 0.223 e. The van der Waals surface area contributed by atoms with Gasteiger partial charge in [-0.25, -0.2) is 4.68 Å². The van der Waals surface area contributed by atoms with Crippen LogP contribution in [0.1, 0.15) is 89.6 Å². The molecule has 2 unspecified atom stereocenters. The van der Waals surface area contributed by atoms with Crippen LogP contribution in [-0.2, 0) is 16.7 Å². The molecular formula is C39H46Cl3N3O6S. The van der Waals surface area contributed by atoms with Gasteiger partial charge in [0.05, 0.1) is 22.0 Å². The van der Waals surface area contributed by atoms with Crippen molar-refractivity contribution >= 4 is 69.6 Å². The van der Waals surface area contributed by atoms with Crippen molar-refractivity contribution in [3.8, 4) is 5.88 Å². The van der Waals surface area contributed by atoms with E-state index in [0.717, 1.165) is 17.7 Å². The minimum atomic E-state index is -0.335. The van der Waals surface area contributed by atoms with Crippen LogP contribution in [0.3, 0.4) is 0 Å². The monoisotopic (exact) mass is 789 g/mol. The van der Waals surface area contributed by atoms with Crippen molar-refractivity contribution in [3.63, 3.8) is 0 Å². The summed E-state index contributed by atoms with van der Waals surface area (Å²) >= 11 is 19.7. The second kappa shape index (κ2) is 20.6. The molecule has 0 fully saturated rings. The number of hydrogen-bond donors (Lipinski definition) is 1. The SMILES string of the molecule is CCSC(C)CC1CC(=O)C(/C(CC)=N/OC/C=C/Cl)=C(O)C1.Cc1ccc(C(=O)COc2c(C(=O)c3ccc(Cl)c(C)c3Cl)c(C)nn2C)cc1. The van der Waals surface area contributed by atoms with Crippen molar-refractivity contribution in [1.29, 1.82) is 0 Å². The lowest BCUT2D eigenvalue weighted by Gasteiger charge is -2.25. The largest absolute Gasteiger partial charge is 0.511 e. The number of aliphatic hydroxyl groups excluding tert-OH is 1. The number of ketones is 3. The Balaban J connectivity index is 0.000000289. The second-order valence-electron chi connectivity index (χ2n) is 12.4. The number of oxime groups is 1. The molecule has 0 spiro atoms. The highest BCUT2D eigenvalue weighted by atomic mass is 35.5. The highest BCUT2D eigenvalue weighted by molar-refractivity contribution is 7.99. The van der Waals surface area contributed by atoms with E-state index in [-0.39, 0.29) is 58.7 Å². The first-order valence-corrected chi connectivity index (χ1v) is 19.2. The lowest BCUT2D eigenvalue weighted by molar-refractivity contribution is -0.116. The molecule has 1 heterocycles. The molecule has 1 aliphatic carbocycles. The van der Waals surface area contributed by atoms with Crippen molar-refractivity contribution in [2.24, 2.45) is 18.1 Å². The second-order valence-corrected chi connectivity index (χ2v) is 15.2. The van der Waals surface area contributed by atoms with E-state index >= 15 is 0 Å². The number of thioether (sulfide) groups is 1. The molecular weight excluding hydrogens is 745 g/mol. The quantitative estimate of drug-likeness (QED) is 0.0700. The highest BCUT2D eigenvalue weighted by Gasteiger charge is 2.31. The normalized spacial score (nSPS) is 15.4. The number of carbonyl (C=O) groups is 3. The Labute approximate surface area is 325 Å². The van der Waals surface area contributed by atoms with E-state index < -0.39 is 0 Å². The number of aromatic nitrogens is 2. The van der Waals surface area contributed by atoms with Crippen LogP contribution >= 0.6 is 46.6 Å². The molecule has 9 nitrogen and oxygen atoms in total. The number of Topliss-reactive ketones (excluding diaryl/α,β-unsaturated/α-hetero) is 2. The van der Waals surface area contributed by atoms with Gasteiger partial charge in [-0.3, -0.25) is 14.4 Å². The predicted molar refractivity (Wildman–Crippen MR) is 212 cm³/mol. The minimum absolute atomic E-state index is 0.0375. The third kappa shape index (κ3) is 11.5. The van der Waals surface area contributed by atoms with Gasteiger partial charge in [0.25, 0.3) is 0 Å². The molecule has 2 atom stereocenters. The molecule has 0 saturated heterocycles. The van der Waals surface area contributed by atoms with Crippen LogP contribution in [0.5, 0.6) is 5.88 Å². The Morgan fingerprint density at radius 1 is 1.12 bits per heavy atom. The molecule has 280 valence electrons. The lowest BCUT2D eigenvalue weighted by atomic mass is 9.82. The van der Waals surface area contributed by atoms with E-state index in [1.54, 1.807) is 51.2 Å². The molecule has 2 aromatic carbocycles. The van der Waals surface area contributed by atoms with Gasteiger partial charge < -0.3 is 14.7 Å². The molecule has 0 saturated carbocycles. The number of rotatable bonds is 15. The van der Waals surface area contributed by atoms with Gasteiger partial charge in [-0.05, 0) is 69.1 Å². The standard InChI is InChI=1S/C22H20Cl2N2O3.C17H26ClNO3S/c1-12-5-7-15(8-6-12)18(27)11-29-22-19(14(3)25-26(22)4)21(28)16-9-10-17(23)13(2)20(16)24;1-4-14(19-22-8-6-7-18)17-15(20)10-13(11-16(17)21)9-12(3)23-5-2/h5-10H,11H2,1-4H3;6-7,12-13,20H,4-5,8-11H2,1-3H3/b;7-6+,19-14+. The lowest BCUT2D eigenvalue weighted by Crippen LogP contribution is -2.26. The summed E-state index contributed by atoms with van der Waals surface area (Å²) in [5.74, 6) is 1.08. The average Bonchev–Trinajstić information content (AvgIpc) is 3.39. The molecule has 0 aliphatic heterocycles. The van der Waals surface area contributed by atoms with Gasteiger partial charge >= 0.3 is 0 Å². The van der Waals surface area contributed by atoms with Crippen molar-refractivity contribution in [3.05, 3.63) is 103 Å². The number of ether oxygens (including phenoxy) is 1. The molecule has 4 rings (SSSR count). The maximum Gasteiger partial charge on any atom is 0.223 e. The van der Waals surface area contributed by atoms with E-state index in [9.17, 15) is 19.5 Å². The number of aliphatic hydroxyl groups is 1. The molecule has 1 aromatic heterocycles. The number of hydrogen-bond acceptors (Lipinski definition) is 9. The zero-order valence-electron chi connectivity index (χ0n) is 30.6. The van der Waals surface area contributed by atoms with Gasteiger partial charge in [0.2, 0.25) is 11.7 Å². The van der Waals surface area contributed by atoms with E-state index in [2.05, 4.69) is 24.1 Å². The van der Waals surface area contributed by atoms with E-state index in [1.807, 2.05) is 37.7 Å². The van der Waals surface area contributed by atoms with Gasteiger partial charge in [0.1, 0.15) is 17.9 Å². The van der Waals surface area contributed by atoms with Crippen molar-refractivity contribution in [2.45, 2.75) is 72.5 Å². The predicted octanol–water partition coefficient (Wildman–Crippen LogP) is 9.99. The van der Waals surface area contributed by atoms with Crippen molar-refractivity contribution in [2.75, 3.05) is 19.0 Å². The first-order chi connectivity index (χ1) is 24.7.